The van der Waals surface area contributed by atoms with Gasteiger partial charge < -0.3 is 19.9 Å². The summed E-state index contributed by atoms with van der Waals surface area (Å²) < 4.78 is 9.03. The molecule has 0 atom stereocenters. The second-order valence-electron chi connectivity index (χ2n) is 3.92. The van der Waals surface area contributed by atoms with Gasteiger partial charge in [-0.3, -0.25) is 0 Å². The van der Waals surface area contributed by atoms with Gasteiger partial charge in [0.15, 0.2) is 0 Å². The van der Waals surface area contributed by atoms with Crippen LogP contribution in [0.5, 0.6) is 0 Å². The van der Waals surface area contributed by atoms with Crippen molar-refractivity contribution in [2.24, 2.45) is 0 Å². The number of ether oxygens (including phenoxy) is 2. The number of carbonyl (C=O) groups is 3. The summed E-state index contributed by atoms with van der Waals surface area (Å²) >= 11 is 0. The molecule has 0 heterocycles. The molecule has 1 aromatic rings. The first-order chi connectivity index (χ1) is 9.97. The molecule has 0 amide bonds. The number of hydrogen-bond acceptors (Lipinski definition) is 6. The Hall–Kier alpha value is -2.83. The number of hydrogen-bond donors (Lipinski definition) is 2. The van der Waals surface area contributed by atoms with E-state index in [-0.39, 0.29) is 0 Å². The molecule has 2 N–H and O–H groups in total. The second-order valence-corrected chi connectivity index (χ2v) is 3.92. The monoisotopic (exact) mass is 293 g/mol. The number of anilines is 1. The molecule has 21 heavy (non-hydrogen) atoms. The van der Waals surface area contributed by atoms with Gasteiger partial charge >= 0.3 is 17.9 Å². The van der Waals surface area contributed by atoms with Crippen LogP contribution in [-0.2, 0) is 23.9 Å². The topological polar surface area (TPSA) is 102 Å². The number of carboxylic acid groups (broad SMARTS) is 1. The fraction of sp³-hybridized carbons (Fsp3) is 0.214. The molecule has 0 unspecified atom stereocenters. The fourth-order valence-corrected chi connectivity index (χ4v) is 1.47. The standard InChI is InChI=1S/C14H15NO6/c1-20-13(18)12(14(19)21-2)15-10-6-3-9(4-7-10)5-8-11(16)17/h3-8,12,15H,1-2H3,(H,16,17). The van der Waals surface area contributed by atoms with Crippen LogP contribution in [-0.4, -0.2) is 43.3 Å². The van der Waals surface area contributed by atoms with Crippen LogP contribution in [0, 0.1) is 0 Å². The summed E-state index contributed by atoms with van der Waals surface area (Å²) in [4.78, 5) is 33.4. The zero-order valence-electron chi connectivity index (χ0n) is 11.5. The van der Waals surface area contributed by atoms with E-state index in [1.807, 2.05) is 0 Å². The minimum Gasteiger partial charge on any atom is -0.478 e. The average Bonchev–Trinajstić information content (AvgIpc) is 2.50. The molecule has 7 nitrogen and oxygen atoms in total. The molecule has 112 valence electrons. The molecule has 7 heteroatoms. The minimum absolute atomic E-state index is 0.489. The maximum atomic E-state index is 11.5. The first-order valence-electron chi connectivity index (χ1n) is 5.91. The van der Waals surface area contributed by atoms with E-state index < -0.39 is 23.9 Å². The normalized spacial score (nSPS) is 10.4. The summed E-state index contributed by atoms with van der Waals surface area (Å²) in [5, 5.41) is 11.2. The van der Waals surface area contributed by atoms with E-state index in [0.717, 1.165) is 6.08 Å². The molecule has 0 spiro atoms. The van der Waals surface area contributed by atoms with Crippen molar-refractivity contribution in [3.8, 4) is 0 Å². The highest BCUT2D eigenvalue weighted by molar-refractivity contribution is 6.02. The van der Waals surface area contributed by atoms with Crippen LogP contribution in [0.3, 0.4) is 0 Å². The Bertz CT molecular complexity index is 533. The highest BCUT2D eigenvalue weighted by Gasteiger charge is 2.28. The van der Waals surface area contributed by atoms with Gasteiger partial charge in [-0.25, -0.2) is 14.4 Å². The van der Waals surface area contributed by atoms with E-state index >= 15 is 0 Å². The zero-order valence-corrected chi connectivity index (χ0v) is 11.5. The van der Waals surface area contributed by atoms with Crippen LogP contribution in [0.2, 0.25) is 0 Å². The number of rotatable bonds is 6. The molecule has 1 aromatic carbocycles. The highest BCUT2D eigenvalue weighted by Crippen LogP contribution is 2.13. The van der Waals surface area contributed by atoms with Crippen molar-refractivity contribution in [3.05, 3.63) is 35.9 Å². The number of nitrogens with one attached hydrogen (secondary N) is 1. The lowest BCUT2D eigenvalue weighted by atomic mass is 10.2. The van der Waals surface area contributed by atoms with Gasteiger partial charge in [-0.05, 0) is 23.8 Å². The molecule has 0 fully saturated rings. The van der Waals surface area contributed by atoms with Crippen LogP contribution in [0.25, 0.3) is 6.08 Å². The van der Waals surface area contributed by atoms with E-state index in [9.17, 15) is 14.4 Å². The predicted molar refractivity (Wildman–Crippen MR) is 74.6 cm³/mol. The lowest BCUT2D eigenvalue weighted by molar-refractivity contribution is -0.152. The van der Waals surface area contributed by atoms with E-state index in [4.69, 9.17) is 5.11 Å². The Labute approximate surface area is 121 Å². The van der Waals surface area contributed by atoms with Crippen molar-refractivity contribution < 1.29 is 29.0 Å². The zero-order chi connectivity index (χ0) is 15.8. The van der Waals surface area contributed by atoms with E-state index in [0.29, 0.717) is 11.3 Å². The quantitative estimate of drug-likeness (QED) is 0.456. The molecule has 0 aromatic heterocycles. The first-order valence-corrected chi connectivity index (χ1v) is 5.91. The van der Waals surface area contributed by atoms with Crippen molar-refractivity contribution in [2.45, 2.75) is 6.04 Å². The molecule has 0 aliphatic rings. The maximum Gasteiger partial charge on any atom is 0.340 e. The molecule has 0 bridgehead atoms. The lowest BCUT2D eigenvalue weighted by Gasteiger charge is -2.15. The Balaban J connectivity index is 2.83. The Morgan fingerprint density at radius 3 is 2.05 bits per heavy atom. The second kappa shape index (κ2) is 7.68. The highest BCUT2D eigenvalue weighted by atomic mass is 16.5. The SMILES string of the molecule is COC(=O)C(Nc1ccc(C=CC(=O)O)cc1)C(=O)OC. The van der Waals surface area contributed by atoms with Crippen LogP contribution >= 0.6 is 0 Å². The van der Waals surface area contributed by atoms with E-state index in [1.165, 1.54) is 20.3 Å². The largest absolute Gasteiger partial charge is 0.478 e. The summed E-state index contributed by atoms with van der Waals surface area (Å²) in [5.74, 6) is -2.58. The predicted octanol–water partition coefficient (Wildman–Crippen LogP) is 0.911. The van der Waals surface area contributed by atoms with Crippen molar-refractivity contribution in [1.82, 2.24) is 0 Å². The number of methoxy groups -OCH3 is 2. The third-order valence-corrected chi connectivity index (χ3v) is 2.51. The number of carboxylic acids is 1. The van der Waals surface area contributed by atoms with Crippen molar-refractivity contribution in [3.63, 3.8) is 0 Å². The Kier molecular flexibility index (Phi) is 5.94. The van der Waals surface area contributed by atoms with Gasteiger partial charge in [0.2, 0.25) is 6.04 Å². The molecule has 0 radical (unpaired) electrons. The minimum atomic E-state index is -1.26. The number of carbonyl (C=O) groups excluding carboxylic acids is 2. The number of esters is 2. The third kappa shape index (κ3) is 4.98. The Morgan fingerprint density at radius 1 is 1.10 bits per heavy atom. The van der Waals surface area contributed by atoms with Gasteiger partial charge in [0.1, 0.15) is 0 Å². The van der Waals surface area contributed by atoms with Crippen LogP contribution in [0.15, 0.2) is 30.3 Å². The molecule has 0 saturated heterocycles. The van der Waals surface area contributed by atoms with Gasteiger partial charge in [0.05, 0.1) is 14.2 Å². The molecular formula is C14H15NO6. The summed E-state index contributed by atoms with van der Waals surface area (Å²) in [7, 11) is 2.33. The Morgan fingerprint density at radius 2 is 1.62 bits per heavy atom. The molecule has 0 aliphatic heterocycles. The third-order valence-electron chi connectivity index (χ3n) is 2.51. The lowest BCUT2D eigenvalue weighted by Crippen LogP contribution is -2.39. The maximum absolute atomic E-state index is 11.5. The van der Waals surface area contributed by atoms with Gasteiger partial charge in [0.25, 0.3) is 0 Å². The average molecular weight is 293 g/mol. The van der Waals surface area contributed by atoms with Gasteiger partial charge in [0, 0.05) is 11.8 Å². The van der Waals surface area contributed by atoms with Crippen LogP contribution in [0.1, 0.15) is 5.56 Å². The summed E-state index contributed by atoms with van der Waals surface area (Å²) in [6.07, 6.45) is 2.43. The smallest absolute Gasteiger partial charge is 0.340 e. The number of benzene rings is 1. The van der Waals surface area contributed by atoms with Crippen LogP contribution in [0.4, 0.5) is 5.69 Å². The molecule has 0 saturated carbocycles. The summed E-state index contributed by atoms with van der Waals surface area (Å²) in [6, 6.07) is 5.20. The van der Waals surface area contributed by atoms with E-state index in [2.05, 4.69) is 14.8 Å². The van der Waals surface area contributed by atoms with Crippen molar-refractivity contribution >= 4 is 29.7 Å². The number of aliphatic carboxylic acids is 1. The summed E-state index contributed by atoms with van der Waals surface area (Å²) in [6.45, 7) is 0. The van der Waals surface area contributed by atoms with E-state index in [1.54, 1.807) is 24.3 Å². The van der Waals surface area contributed by atoms with Crippen molar-refractivity contribution in [1.29, 1.82) is 0 Å². The van der Waals surface area contributed by atoms with Crippen LogP contribution < -0.4 is 5.32 Å². The molecular weight excluding hydrogens is 278 g/mol. The molecule has 0 aliphatic carbocycles. The fourth-order valence-electron chi connectivity index (χ4n) is 1.47. The van der Waals surface area contributed by atoms with Gasteiger partial charge in [-0.1, -0.05) is 12.1 Å². The summed E-state index contributed by atoms with van der Waals surface area (Å²) in [5.41, 5.74) is 1.15. The van der Waals surface area contributed by atoms with Gasteiger partial charge in [-0.2, -0.15) is 0 Å². The molecule has 1 rings (SSSR count). The van der Waals surface area contributed by atoms with Crippen molar-refractivity contribution in [2.75, 3.05) is 19.5 Å². The first kappa shape index (κ1) is 16.2. The van der Waals surface area contributed by atoms with Gasteiger partial charge in [-0.15, -0.1) is 0 Å².